The smallest absolute Gasteiger partial charge is 0.161 e. The third-order valence-electron chi connectivity index (χ3n) is 2.85. The van der Waals surface area contributed by atoms with Gasteiger partial charge in [-0.25, -0.2) is 9.97 Å². The fourth-order valence-electron chi connectivity index (χ4n) is 1.95. The molecule has 0 fully saturated rings. The SMILES string of the molecule is Clc1cccc(-c2nc(Cl)c3c(n2)CCOC3)c1. The van der Waals surface area contributed by atoms with Crippen molar-refractivity contribution in [3.63, 3.8) is 0 Å². The van der Waals surface area contributed by atoms with E-state index in [2.05, 4.69) is 9.97 Å². The largest absolute Gasteiger partial charge is 0.376 e. The maximum atomic E-state index is 6.17. The van der Waals surface area contributed by atoms with E-state index in [0.717, 1.165) is 23.2 Å². The number of halogens is 2. The van der Waals surface area contributed by atoms with E-state index in [9.17, 15) is 0 Å². The van der Waals surface area contributed by atoms with Gasteiger partial charge >= 0.3 is 0 Å². The zero-order valence-corrected chi connectivity index (χ0v) is 11.0. The van der Waals surface area contributed by atoms with Crippen molar-refractivity contribution in [2.75, 3.05) is 6.61 Å². The molecule has 0 amide bonds. The van der Waals surface area contributed by atoms with Crippen LogP contribution in [0.2, 0.25) is 10.2 Å². The molecular formula is C13H10Cl2N2O. The Kier molecular flexibility index (Phi) is 3.20. The van der Waals surface area contributed by atoms with Crippen molar-refractivity contribution >= 4 is 23.2 Å². The van der Waals surface area contributed by atoms with Crippen molar-refractivity contribution in [3.05, 3.63) is 45.7 Å². The monoisotopic (exact) mass is 280 g/mol. The summed E-state index contributed by atoms with van der Waals surface area (Å²) in [5, 5.41) is 1.13. The highest BCUT2D eigenvalue weighted by Crippen LogP contribution is 2.26. The van der Waals surface area contributed by atoms with Gasteiger partial charge in [-0.05, 0) is 12.1 Å². The molecular weight excluding hydrogens is 271 g/mol. The van der Waals surface area contributed by atoms with Crippen LogP contribution in [0, 0.1) is 0 Å². The Bertz CT molecular complexity index is 602. The van der Waals surface area contributed by atoms with Crippen LogP contribution in [0.25, 0.3) is 11.4 Å². The summed E-state index contributed by atoms with van der Waals surface area (Å²) < 4.78 is 5.36. The fourth-order valence-corrected chi connectivity index (χ4v) is 2.38. The maximum Gasteiger partial charge on any atom is 0.161 e. The second-order valence-corrected chi connectivity index (χ2v) is 4.87. The molecule has 3 nitrogen and oxygen atoms in total. The molecule has 0 saturated carbocycles. The van der Waals surface area contributed by atoms with Gasteiger partial charge in [-0.2, -0.15) is 0 Å². The highest BCUT2D eigenvalue weighted by Gasteiger charge is 2.17. The number of rotatable bonds is 1. The Morgan fingerprint density at radius 3 is 2.89 bits per heavy atom. The van der Waals surface area contributed by atoms with E-state index in [-0.39, 0.29) is 0 Å². The van der Waals surface area contributed by atoms with Gasteiger partial charge in [0.25, 0.3) is 0 Å². The van der Waals surface area contributed by atoms with Gasteiger partial charge in [0.2, 0.25) is 0 Å². The molecule has 0 spiro atoms. The van der Waals surface area contributed by atoms with E-state index < -0.39 is 0 Å². The van der Waals surface area contributed by atoms with Crippen molar-refractivity contribution < 1.29 is 4.74 Å². The van der Waals surface area contributed by atoms with E-state index in [1.54, 1.807) is 0 Å². The van der Waals surface area contributed by atoms with Gasteiger partial charge < -0.3 is 4.74 Å². The first-order valence-corrected chi connectivity index (χ1v) is 6.38. The lowest BCUT2D eigenvalue weighted by Gasteiger charge is -2.17. The van der Waals surface area contributed by atoms with Gasteiger partial charge in [0.1, 0.15) is 5.15 Å². The first-order chi connectivity index (χ1) is 8.74. The van der Waals surface area contributed by atoms with Crippen molar-refractivity contribution in [2.24, 2.45) is 0 Å². The van der Waals surface area contributed by atoms with Gasteiger partial charge in [0, 0.05) is 22.6 Å². The molecule has 0 saturated heterocycles. The first-order valence-electron chi connectivity index (χ1n) is 5.63. The fraction of sp³-hybridized carbons (Fsp3) is 0.231. The van der Waals surface area contributed by atoms with Gasteiger partial charge in [-0.15, -0.1) is 0 Å². The quantitative estimate of drug-likeness (QED) is 0.750. The van der Waals surface area contributed by atoms with Crippen LogP contribution in [0.15, 0.2) is 24.3 Å². The summed E-state index contributed by atoms with van der Waals surface area (Å²) in [4.78, 5) is 8.86. The molecule has 2 heterocycles. The van der Waals surface area contributed by atoms with Crippen molar-refractivity contribution in [3.8, 4) is 11.4 Å². The van der Waals surface area contributed by atoms with Crippen molar-refractivity contribution in [1.29, 1.82) is 0 Å². The molecule has 18 heavy (non-hydrogen) atoms. The molecule has 2 aromatic rings. The second-order valence-electron chi connectivity index (χ2n) is 4.08. The predicted octanol–water partition coefficient (Wildman–Crippen LogP) is 3.52. The molecule has 0 unspecified atom stereocenters. The highest BCUT2D eigenvalue weighted by atomic mass is 35.5. The molecule has 0 aliphatic carbocycles. The predicted molar refractivity (Wildman–Crippen MR) is 70.8 cm³/mol. The summed E-state index contributed by atoms with van der Waals surface area (Å²) in [5.41, 5.74) is 2.74. The second kappa shape index (κ2) is 4.84. The number of hydrogen-bond acceptors (Lipinski definition) is 3. The van der Waals surface area contributed by atoms with Gasteiger partial charge in [0.05, 0.1) is 18.9 Å². The molecule has 3 rings (SSSR count). The van der Waals surface area contributed by atoms with Crippen LogP contribution in [-0.2, 0) is 17.8 Å². The third kappa shape index (κ3) is 2.21. The van der Waals surface area contributed by atoms with E-state index >= 15 is 0 Å². The molecule has 1 aliphatic heterocycles. The first kappa shape index (κ1) is 11.9. The lowest BCUT2D eigenvalue weighted by atomic mass is 10.1. The van der Waals surface area contributed by atoms with Crippen molar-refractivity contribution in [1.82, 2.24) is 9.97 Å². The van der Waals surface area contributed by atoms with Crippen molar-refractivity contribution in [2.45, 2.75) is 13.0 Å². The lowest BCUT2D eigenvalue weighted by molar-refractivity contribution is 0.109. The highest BCUT2D eigenvalue weighted by molar-refractivity contribution is 6.31. The maximum absolute atomic E-state index is 6.17. The summed E-state index contributed by atoms with van der Waals surface area (Å²) in [6.45, 7) is 1.17. The van der Waals surface area contributed by atoms with Crippen LogP contribution >= 0.6 is 23.2 Å². The minimum atomic E-state index is 0.467. The Balaban J connectivity index is 2.11. The standard InChI is InChI=1S/C13H10Cl2N2O/c14-9-3-1-2-8(6-9)13-16-11-4-5-18-7-10(11)12(15)17-13/h1-3,6H,4-5,7H2. The summed E-state index contributed by atoms with van der Waals surface area (Å²) >= 11 is 12.1. The van der Waals surface area contributed by atoms with E-state index in [0.29, 0.717) is 29.2 Å². The van der Waals surface area contributed by atoms with Gasteiger partial charge in [-0.1, -0.05) is 35.3 Å². The van der Waals surface area contributed by atoms with Gasteiger partial charge in [0.15, 0.2) is 5.82 Å². The Hall–Kier alpha value is -1.16. The Morgan fingerprint density at radius 1 is 1.17 bits per heavy atom. The van der Waals surface area contributed by atoms with Gasteiger partial charge in [-0.3, -0.25) is 0 Å². The molecule has 0 N–H and O–H groups in total. The Morgan fingerprint density at radius 2 is 2.06 bits per heavy atom. The van der Waals surface area contributed by atoms with Crippen LogP contribution in [-0.4, -0.2) is 16.6 Å². The minimum Gasteiger partial charge on any atom is -0.376 e. The number of aromatic nitrogens is 2. The lowest BCUT2D eigenvalue weighted by Crippen LogP contribution is -2.14. The normalized spacial score (nSPS) is 14.3. The van der Waals surface area contributed by atoms with Crippen LogP contribution in [0.1, 0.15) is 11.3 Å². The number of fused-ring (bicyclic) bond motifs is 1. The Labute approximate surface area is 115 Å². The summed E-state index contributed by atoms with van der Waals surface area (Å²) in [7, 11) is 0. The van der Waals surface area contributed by atoms with Crippen LogP contribution in [0.4, 0.5) is 0 Å². The zero-order valence-electron chi connectivity index (χ0n) is 9.49. The third-order valence-corrected chi connectivity index (χ3v) is 3.40. The summed E-state index contributed by atoms with van der Waals surface area (Å²) in [5.74, 6) is 0.614. The number of benzene rings is 1. The summed E-state index contributed by atoms with van der Waals surface area (Å²) in [6.07, 6.45) is 0.769. The number of nitrogens with zero attached hydrogens (tertiary/aromatic N) is 2. The van der Waals surface area contributed by atoms with E-state index in [1.165, 1.54) is 0 Å². The van der Waals surface area contributed by atoms with Crippen LogP contribution < -0.4 is 0 Å². The van der Waals surface area contributed by atoms with E-state index in [4.69, 9.17) is 27.9 Å². The topological polar surface area (TPSA) is 35.0 Å². The molecule has 1 aliphatic rings. The van der Waals surface area contributed by atoms with Crippen LogP contribution in [0.3, 0.4) is 0 Å². The minimum absolute atomic E-state index is 0.467. The number of ether oxygens (including phenoxy) is 1. The number of hydrogen-bond donors (Lipinski definition) is 0. The molecule has 0 atom stereocenters. The van der Waals surface area contributed by atoms with E-state index in [1.807, 2.05) is 24.3 Å². The molecule has 5 heteroatoms. The zero-order chi connectivity index (χ0) is 12.5. The summed E-state index contributed by atoms with van der Waals surface area (Å²) in [6, 6.07) is 7.44. The average Bonchev–Trinajstić information content (AvgIpc) is 2.39. The molecule has 1 aromatic heterocycles. The average molecular weight is 281 g/mol. The molecule has 0 radical (unpaired) electrons. The van der Waals surface area contributed by atoms with Crippen LogP contribution in [0.5, 0.6) is 0 Å². The molecule has 92 valence electrons. The molecule has 1 aromatic carbocycles. The molecule has 0 bridgehead atoms.